The fourth-order valence-corrected chi connectivity index (χ4v) is 7.56. The van der Waals surface area contributed by atoms with Crippen molar-refractivity contribution in [2.75, 3.05) is 33.0 Å². The van der Waals surface area contributed by atoms with Crippen molar-refractivity contribution in [2.24, 2.45) is 0 Å². The van der Waals surface area contributed by atoms with E-state index in [1.165, 1.54) is 180 Å². The summed E-state index contributed by atoms with van der Waals surface area (Å²) in [5.41, 5.74) is 0. The number of aliphatic hydroxyl groups excluding tert-OH is 2. The number of rotatable bonds is 45. The third-order valence-electron chi connectivity index (χ3n) is 10.3. The highest BCUT2D eigenvalue weighted by Crippen LogP contribution is 2.43. The molecule has 0 aliphatic heterocycles. The molecule has 0 saturated heterocycles. The lowest BCUT2D eigenvalue weighted by molar-refractivity contribution is -0.154. The number of ether oxygens (including phenoxy) is 2. The zero-order valence-corrected chi connectivity index (χ0v) is 36.4. The van der Waals surface area contributed by atoms with Gasteiger partial charge in [0.25, 0.3) is 0 Å². The maximum absolute atomic E-state index is 12.6. The van der Waals surface area contributed by atoms with E-state index in [9.17, 15) is 19.4 Å². The van der Waals surface area contributed by atoms with E-state index in [1.54, 1.807) is 0 Å². The molecule has 0 radical (unpaired) electrons. The lowest BCUT2D eigenvalue weighted by Crippen LogP contribution is -2.29. The van der Waals surface area contributed by atoms with E-state index in [0.29, 0.717) is 6.61 Å². The van der Waals surface area contributed by atoms with E-state index in [4.69, 9.17) is 23.6 Å². The van der Waals surface area contributed by atoms with Crippen LogP contribution in [0.4, 0.5) is 0 Å². The molecule has 3 N–H and O–H groups in total. The van der Waals surface area contributed by atoms with E-state index in [0.717, 1.165) is 32.1 Å². The van der Waals surface area contributed by atoms with Crippen LogP contribution < -0.4 is 0 Å². The zero-order chi connectivity index (χ0) is 39.6. The lowest BCUT2D eigenvalue weighted by Gasteiger charge is -2.20. The molecule has 0 spiro atoms. The Hall–Kier alpha value is -0.540. The molecule has 0 aliphatic rings. The van der Waals surface area contributed by atoms with Crippen molar-refractivity contribution in [1.29, 1.82) is 0 Å². The Labute approximate surface area is 333 Å². The van der Waals surface area contributed by atoms with Crippen molar-refractivity contribution in [3.8, 4) is 0 Å². The maximum atomic E-state index is 12.6. The zero-order valence-electron chi connectivity index (χ0n) is 35.5. The molecular weight excluding hydrogens is 703 g/mol. The van der Waals surface area contributed by atoms with Gasteiger partial charge in [-0.1, -0.05) is 213 Å². The maximum Gasteiger partial charge on any atom is 0.472 e. The molecule has 0 heterocycles. The Balaban J connectivity index is 4.07. The molecule has 0 aromatic heterocycles. The first-order chi connectivity index (χ1) is 26.3. The summed E-state index contributed by atoms with van der Waals surface area (Å²) < 4.78 is 33.4. The average Bonchev–Trinajstić information content (AvgIpc) is 3.16. The SMILES string of the molecule is CCCCCCCCCCCCCCCCCCCCCC(=O)O[C@H](COCCCCCCCCCCCCCCCC)COP(=O)(O)OC[C@@H](O)CO. The third-order valence-corrected chi connectivity index (χ3v) is 11.2. The number of carbonyl (C=O) groups excluding carboxylic acids is 1. The number of phosphoric acid groups is 1. The van der Waals surface area contributed by atoms with Gasteiger partial charge in [0, 0.05) is 13.0 Å². The average molecular weight is 793 g/mol. The summed E-state index contributed by atoms with van der Waals surface area (Å²) >= 11 is 0. The van der Waals surface area contributed by atoms with E-state index >= 15 is 0 Å². The Morgan fingerprint density at radius 3 is 1.20 bits per heavy atom. The van der Waals surface area contributed by atoms with Gasteiger partial charge in [0.15, 0.2) is 0 Å². The number of esters is 1. The summed E-state index contributed by atoms with van der Waals surface area (Å²) in [6.07, 6.45) is 40.6. The summed E-state index contributed by atoms with van der Waals surface area (Å²) in [4.78, 5) is 22.6. The second-order valence-corrected chi connectivity index (χ2v) is 17.2. The van der Waals surface area contributed by atoms with Crippen LogP contribution in [-0.4, -0.2) is 66.3 Å². The fraction of sp³-hybridized carbons (Fsp3) is 0.977. The van der Waals surface area contributed by atoms with Gasteiger partial charge in [-0.2, -0.15) is 0 Å². The van der Waals surface area contributed by atoms with Crippen molar-refractivity contribution < 1.29 is 43.0 Å². The lowest BCUT2D eigenvalue weighted by atomic mass is 10.0. The summed E-state index contributed by atoms with van der Waals surface area (Å²) in [5, 5.41) is 18.4. The molecular formula is C44H89O9P. The normalized spacial score (nSPS) is 13.9. The van der Waals surface area contributed by atoms with Crippen LogP contribution in [0.1, 0.15) is 232 Å². The van der Waals surface area contributed by atoms with E-state index in [-0.39, 0.29) is 25.6 Å². The van der Waals surface area contributed by atoms with Crippen LogP contribution in [0.5, 0.6) is 0 Å². The molecule has 0 aromatic carbocycles. The van der Waals surface area contributed by atoms with Crippen molar-refractivity contribution in [3.63, 3.8) is 0 Å². The Kier molecular flexibility index (Phi) is 41.7. The van der Waals surface area contributed by atoms with Crippen molar-refractivity contribution in [3.05, 3.63) is 0 Å². The highest BCUT2D eigenvalue weighted by molar-refractivity contribution is 7.47. The first-order valence-electron chi connectivity index (χ1n) is 23.0. The molecule has 0 rings (SSSR count). The second kappa shape index (κ2) is 42.1. The van der Waals surface area contributed by atoms with Gasteiger partial charge < -0.3 is 24.6 Å². The molecule has 324 valence electrons. The van der Waals surface area contributed by atoms with Gasteiger partial charge >= 0.3 is 13.8 Å². The monoisotopic (exact) mass is 793 g/mol. The number of carbonyl (C=O) groups is 1. The molecule has 0 fully saturated rings. The van der Waals surface area contributed by atoms with Gasteiger partial charge in [0.05, 0.1) is 26.4 Å². The van der Waals surface area contributed by atoms with Gasteiger partial charge in [0.1, 0.15) is 12.2 Å². The highest BCUT2D eigenvalue weighted by Gasteiger charge is 2.26. The summed E-state index contributed by atoms with van der Waals surface area (Å²) in [5.74, 6) is -0.375. The van der Waals surface area contributed by atoms with Crippen LogP contribution >= 0.6 is 7.82 Å². The van der Waals surface area contributed by atoms with Gasteiger partial charge in [-0.25, -0.2) is 4.57 Å². The van der Waals surface area contributed by atoms with Crippen LogP contribution in [0, 0.1) is 0 Å². The predicted octanol–water partition coefficient (Wildman–Crippen LogP) is 12.7. The molecule has 0 amide bonds. The smallest absolute Gasteiger partial charge is 0.457 e. The minimum Gasteiger partial charge on any atom is -0.457 e. The molecule has 0 bridgehead atoms. The molecule has 9 nitrogen and oxygen atoms in total. The Bertz CT molecular complexity index is 815. The van der Waals surface area contributed by atoms with Crippen molar-refractivity contribution in [2.45, 2.75) is 244 Å². The van der Waals surface area contributed by atoms with Crippen LogP contribution in [0.3, 0.4) is 0 Å². The van der Waals surface area contributed by atoms with Crippen molar-refractivity contribution in [1.82, 2.24) is 0 Å². The first-order valence-corrected chi connectivity index (χ1v) is 24.5. The topological polar surface area (TPSA) is 132 Å². The van der Waals surface area contributed by atoms with Gasteiger partial charge in [0.2, 0.25) is 0 Å². The predicted molar refractivity (Wildman–Crippen MR) is 224 cm³/mol. The second-order valence-electron chi connectivity index (χ2n) is 15.8. The number of unbranched alkanes of at least 4 members (excludes halogenated alkanes) is 31. The quantitative estimate of drug-likeness (QED) is 0.0313. The van der Waals surface area contributed by atoms with Crippen LogP contribution in [0.2, 0.25) is 0 Å². The molecule has 3 atom stereocenters. The number of phosphoric ester groups is 1. The molecule has 0 aliphatic carbocycles. The van der Waals surface area contributed by atoms with Crippen LogP contribution in [0.25, 0.3) is 0 Å². The molecule has 10 heteroatoms. The molecule has 0 aromatic rings. The summed E-state index contributed by atoms with van der Waals surface area (Å²) in [6, 6.07) is 0. The van der Waals surface area contributed by atoms with Gasteiger partial charge in [-0.3, -0.25) is 13.8 Å². The Morgan fingerprint density at radius 1 is 0.500 bits per heavy atom. The van der Waals surface area contributed by atoms with E-state index in [2.05, 4.69) is 13.8 Å². The third kappa shape index (κ3) is 41.1. The largest absolute Gasteiger partial charge is 0.472 e. The van der Waals surface area contributed by atoms with Crippen LogP contribution in [-0.2, 0) is 27.9 Å². The minimum absolute atomic E-state index is 0.0582. The number of aliphatic hydroxyl groups is 2. The number of hydrogen-bond acceptors (Lipinski definition) is 8. The highest BCUT2D eigenvalue weighted by atomic mass is 31.2. The minimum atomic E-state index is -4.51. The fourth-order valence-electron chi connectivity index (χ4n) is 6.77. The van der Waals surface area contributed by atoms with Gasteiger partial charge in [-0.15, -0.1) is 0 Å². The van der Waals surface area contributed by atoms with Crippen molar-refractivity contribution >= 4 is 13.8 Å². The molecule has 1 unspecified atom stereocenters. The van der Waals surface area contributed by atoms with E-state index < -0.39 is 33.2 Å². The first kappa shape index (κ1) is 53.5. The summed E-state index contributed by atoms with van der Waals surface area (Å²) in [6.45, 7) is 3.58. The molecule has 54 heavy (non-hydrogen) atoms. The number of hydrogen-bond donors (Lipinski definition) is 3. The molecule has 0 saturated carbocycles. The van der Waals surface area contributed by atoms with Crippen LogP contribution in [0.15, 0.2) is 0 Å². The standard InChI is InChI=1S/C44H89O9P/c1-3-5-7-9-11-13-15-17-19-20-21-22-23-24-26-28-30-32-34-36-44(47)53-43(41-52-54(48,49)51-39-42(46)38-45)40-50-37-35-33-31-29-27-25-18-16-14-12-10-8-6-4-2/h42-43,45-46H,3-41H2,1-2H3,(H,48,49)/t42-,43+/m0/s1. The van der Waals surface area contributed by atoms with E-state index in [1.807, 2.05) is 0 Å². The Morgan fingerprint density at radius 2 is 0.833 bits per heavy atom. The van der Waals surface area contributed by atoms with Gasteiger partial charge in [-0.05, 0) is 12.8 Å². The summed E-state index contributed by atoms with van der Waals surface area (Å²) in [7, 11) is -4.51.